The fourth-order valence-corrected chi connectivity index (χ4v) is 1.04. The highest BCUT2D eigenvalue weighted by molar-refractivity contribution is 7.80. The lowest BCUT2D eigenvalue weighted by Gasteiger charge is -1.91. The van der Waals surface area contributed by atoms with E-state index in [2.05, 4.69) is 33.3 Å². The molecule has 0 fully saturated rings. The zero-order valence-electron chi connectivity index (χ0n) is 7.15. The first-order valence-electron chi connectivity index (χ1n) is 3.93. The van der Waals surface area contributed by atoms with Gasteiger partial charge < -0.3 is 0 Å². The third-order valence-electron chi connectivity index (χ3n) is 1.55. The SMILES string of the molecule is Sc1nnnn1/N=C/c1ccccc1. The number of aromatic nitrogens is 4. The fourth-order valence-electron chi connectivity index (χ4n) is 0.913. The lowest BCUT2D eigenvalue weighted by atomic mass is 10.2. The molecular weight excluding hydrogens is 198 g/mol. The molecular formula is C8H7N5S. The molecule has 70 valence electrons. The average Bonchev–Trinajstić information content (AvgIpc) is 2.63. The second-order valence-electron chi connectivity index (χ2n) is 2.52. The summed E-state index contributed by atoms with van der Waals surface area (Å²) in [5.41, 5.74) is 0.982. The first kappa shape index (κ1) is 8.89. The van der Waals surface area contributed by atoms with Crippen molar-refractivity contribution in [2.45, 2.75) is 5.16 Å². The topological polar surface area (TPSA) is 56.0 Å². The van der Waals surface area contributed by atoms with Crippen molar-refractivity contribution in [2.75, 3.05) is 0 Å². The van der Waals surface area contributed by atoms with Crippen LogP contribution in [0.15, 0.2) is 40.6 Å². The molecule has 1 aromatic carbocycles. The summed E-state index contributed by atoms with van der Waals surface area (Å²) in [6, 6.07) is 9.68. The predicted octanol–water partition coefficient (Wildman–Crippen LogP) is 0.844. The molecule has 14 heavy (non-hydrogen) atoms. The van der Waals surface area contributed by atoms with E-state index >= 15 is 0 Å². The van der Waals surface area contributed by atoms with Gasteiger partial charge in [-0.15, -0.1) is 4.79 Å². The van der Waals surface area contributed by atoms with Crippen LogP contribution in [0.3, 0.4) is 0 Å². The maximum atomic E-state index is 4.02. The summed E-state index contributed by atoms with van der Waals surface area (Å²) in [7, 11) is 0. The maximum Gasteiger partial charge on any atom is 0.230 e. The highest BCUT2D eigenvalue weighted by atomic mass is 32.1. The van der Waals surface area contributed by atoms with Gasteiger partial charge in [0.1, 0.15) is 0 Å². The Morgan fingerprint density at radius 3 is 2.71 bits per heavy atom. The monoisotopic (exact) mass is 205 g/mol. The minimum atomic E-state index is 0.359. The molecule has 1 aromatic heterocycles. The predicted molar refractivity (Wildman–Crippen MR) is 54.5 cm³/mol. The largest absolute Gasteiger partial charge is 0.230 e. The highest BCUT2D eigenvalue weighted by Crippen LogP contribution is 1.98. The van der Waals surface area contributed by atoms with E-state index in [0.29, 0.717) is 5.16 Å². The first-order chi connectivity index (χ1) is 6.86. The Bertz CT molecular complexity index is 436. The molecule has 0 atom stereocenters. The van der Waals surface area contributed by atoms with Gasteiger partial charge in [0.15, 0.2) is 0 Å². The van der Waals surface area contributed by atoms with E-state index in [1.807, 2.05) is 30.3 Å². The van der Waals surface area contributed by atoms with Crippen molar-refractivity contribution in [3.05, 3.63) is 35.9 Å². The molecule has 0 radical (unpaired) electrons. The highest BCUT2D eigenvalue weighted by Gasteiger charge is 1.95. The van der Waals surface area contributed by atoms with E-state index in [1.165, 1.54) is 4.79 Å². The van der Waals surface area contributed by atoms with Crippen LogP contribution in [0, 0.1) is 0 Å². The van der Waals surface area contributed by atoms with Crippen molar-refractivity contribution >= 4 is 18.8 Å². The summed E-state index contributed by atoms with van der Waals surface area (Å²) >= 11 is 4.01. The molecule has 1 heterocycles. The van der Waals surface area contributed by atoms with Crippen molar-refractivity contribution in [1.82, 2.24) is 20.3 Å². The number of tetrazole rings is 1. The molecule has 0 aliphatic rings. The third-order valence-corrected chi connectivity index (χ3v) is 1.82. The van der Waals surface area contributed by atoms with Crippen molar-refractivity contribution in [3.8, 4) is 0 Å². The van der Waals surface area contributed by atoms with E-state index in [9.17, 15) is 0 Å². The van der Waals surface area contributed by atoms with Gasteiger partial charge in [0, 0.05) is 0 Å². The van der Waals surface area contributed by atoms with Crippen LogP contribution in [0.2, 0.25) is 0 Å². The van der Waals surface area contributed by atoms with Gasteiger partial charge in [-0.2, -0.15) is 5.10 Å². The van der Waals surface area contributed by atoms with Crippen LogP contribution in [-0.2, 0) is 0 Å². The first-order valence-corrected chi connectivity index (χ1v) is 4.38. The van der Waals surface area contributed by atoms with Crippen LogP contribution in [0.1, 0.15) is 5.56 Å². The molecule has 0 spiro atoms. The van der Waals surface area contributed by atoms with Crippen molar-refractivity contribution in [1.29, 1.82) is 0 Å². The van der Waals surface area contributed by atoms with Crippen LogP contribution in [0.4, 0.5) is 0 Å². The second kappa shape index (κ2) is 4.01. The van der Waals surface area contributed by atoms with Crippen molar-refractivity contribution in [2.24, 2.45) is 5.10 Å². The molecule has 6 heteroatoms. The number of nitrogens with zero attached hydrogens (tertiary/aromatic N) is 5. The molecule has 2 rings (SSSR count). The molecule has 2 aromatic rings. The van der Waals surface area contributed by atoms with Crippen LogP contribution >= 0.6 is 12.6 Å². The van der Waals surface area contributed by atoms with Crippen molar-refractivity contribution < 1.29 is 0 Å². The quantitative estimate of drug-likeness (QED) is 0.584. The number of thiol groups is 1. The number of rotatable bonds is 2. The lowest BCUT2D eigenvalue weighted by Crippen LogP contribution is -1.93. The average molecular weight is 205 g/mol. The molecule has 0 bridgehead atoms. The zero-order valence-corrected chi connectivity index (χ0v) is 8.04. The van der Waals surface area contributed by atoms with E-state index in [4.69, 9.17) is 0 Å². The molecule has 0 aliphatic carbocycles. The molecule has 0 saturated carbocycles. The van der Waals surface area contributed by atoms with Crippen molar-refractivity contribution in [3.63, 3.8) is 0 Å². The second-order valence-corrected chi connectivity index (χ2v) is 2.92. The van der Waals surface area contributed by atoms with Gasteiger partial charge in [0.25, 0.3) is 0 Å². The summed E-state index contributed by atoms with van der Waals surface area (Å²) in [6.45, 7) is 0. The minimum Gasteiger partial charge on any atom is -0.154 e. The van der Waals surface area contributed by atoms with Crippen LogP contribution in [-0.4, -0.2) is 26.5 Å². The number of hydrogen-bond donors (Lipinski definition) is 1. The van der Waals surface area contributed by atoms with E-state index in [0.717, 1.165) is 5.56 Å². The van der Waals surface area contributed by atoms with Gasteiger partial charge >= 0.3 is 0 Å². The van der Waals surface area contributed by atoms with Gasteiger partial charge in [-0.1, -0.05) is 48.1 Å². The smallest absolute Gasteiger partial charge is 0.154 e. The summed E-state index contributed by atoms with van der Waals surface area (Å²) < 4.78 is 0. The Morgan fingerprint density at radius 1 is 1.29 bits per heavy atom. The van der Waals surface area contributed by atoms with Crippen LogP contribution in [0.25, 0.3) is 0 Å². The summed E-state index contributed by atoms with van der Waals surface area (Å²) in [5.74, 6) is 0. The summed E-state index contributed by atoms with van der Waals surface area (Å²) in [6.07, 6.45) is 1.66. The molecule has 0 unspecified atom stereocenters. The van der Waals surface area contributed by atoms with Gasteiger partial charge in [-0.25, -0.2) is 0 Å². The van der Waals surface area contributed by atoms with E-state index in [-0.39, 0.29) is 0 Å². The van der Waals surface area contributed by atoms with Gasteiger partial charge in [-0.3, -0.25) is 0 Å². The van der Waals surface area contributed by atoms with Crippen LogP contribution < -0.4 is 0 Å². The Hall–Kier alpha value is -1.69. The standard InChI is InChI=1S/C8H7N5S/c14-8-10-11-12-13(8)9-6-7-4-2-1-3-5-7/h1-6H,(H,10,12,14)/b9-6+. The Kier molecular flexibility index (Phi) is 2.55. The van der Waals surface area contributed by atoms with Crippen LogP contribution in [0.5, 0.6) is 0 Å². The van der Waals surface area contributed by atoms with E-state index < -0.39 is 0 Å². The molecule has 0 saturated heterocycles. The van der Waals surface area contributed by atoms with E-state index in [1.54, 1.807) is 6.21 Å². The normalized spacial score (nSPS) is 10.9. The minimum absolute atomic E-state index is 0.359. The third kappa shape index (κ3) is 1.97. The zero-order chi connectivity index (χ0) is 9.80. The van der Waals surface area contributed by atoms with Gasteiger partial charge in [0.05, 0.1) is 6.21 Å². The Morgan fingerprint density at radius 2 is 2.07 bits per heavy atom. The van der Waals surface area contributed by atoms with Gasteiger partial charge in [0.2, 0.25) is 5.16 Å². The number of benzene rings is 1. The Balaban J connectivity index is 2.20. The number of hydrogen-bond acceptors (Lipinski definition) is 5. The van der Waals surface area contributed by atoms with Gasteiger partial charge in [-0.05, 0) is 16.0 Å². The molecule has 5 nitrogen and oxygen atoms in total. The Labute approximate surface area is 85.9 Å². The summed E-state index contributed by atoms with van der Waals surface area (Å²) in [4.78, 5) is 1.25. The fraction of sp³-hybridized carbons (Fsp3) is 0. The lowest BCUT2D eigenvalue weighted by molar-refractivity contribution is 0.648. The maximum absolute atomic E-state index is 4.02. The molecule has 0 amide bonds. The summed E-state index contributed by atoms with van der Waals surface area (Å²) in [5, 5.41) is 15.0. The molecule has 0 N–H and O–H groups in total. The molecule has 0 aliphatic heterocycles.